The fraction of sp³-hybridized carbons (Fsp3) is 0.750. The van der Waals surface area contributed by atoms with Crippen LogP contribution in [0.4, 0.5) is 0 Å². The Labute approximate surface area is 101 Å². The maximum Gasteiger partial charge on any atom is 0.251 e. The maximum absolute atomic E-state index is 12.0. The van der Waals surface area contributed by atoms with Gasteiger partial charge in [-0.25, -0.2) is 0 Å². The molecule has 17 heavy (non-hydrogen) atoms. The Kier molecular flexibility index (Phi) is 3.17. The van der Waals surface area contributed by atoms with Gasteiger partial charge in [0.2, 0.25) is 5.91 Å². The quantitative estimate of drug-likeness (QED) is 0.872. The molecule has 0 atom stereocenters. The van der Waals surface area contributed by atoms with E-state index in [-0.39, 0.29) is 11.8 Å². The molecule has 0 aliphatic heterocycles. The summed E-state index contributed by atoms with van der Waals surface area (Å²) in [6, 6.07) is 0. The first kappa shape index (κ1) is 12.1. The molecule has 0 unspecified atom stereocenters. The van der Waals surface area contributed by atoms with E-state index in [2.05, 4.69) is 15.5 Å². The number of aromatic nitrogens is 2. The minimum atomic E-state index is -0.596. The van der Waals surface area contributed by atoms with Gasteiger partial charge in [0.05, 0.1) is 0 Å². The van der Waals surface area contributed by atoms with Crippen LogP contribution in [-0.2, 0) is 10.3 Å². The van der Waals surface area contributed by atoms with Crippen LogP contribution in [0, 0.1) is 12.8 Å². The van der Waals surface area contributed by atoms with Crippen LogP contribution in [0.5, 0.6) is 0 Å². The number of nitrogens with one attached hydrogen (secondary N) is 1. The summed E-state index contributed by atoms with van der Waals surface area (Å²) in [6.45, 7) is 5.53. The second-order valence-electron chi connectivity index (χ2n) is 5.24. The second-order valence-corrected chi connectivity index (χ2v) is 5.24. The lowest BCUT2D eigenvalue weighted by atomic mass is 10.0. The van der Waals surface area contributed by atoms with Gasteiger partial charge in [-0.15, -0.1) is 0 Å². The van der Waals surface area contributed by atoms with Crippen LogP contribution >= 0.6 is 0 Å². The average Bonchev–Trinajstić information content (AvgIpc) is 2.86. The molecule has 0 bridgehead atoms. The third-order valence-corrected chi connectivity index (χ3v) is 3.22. The number of carbonyl (C=O) groups is 1. The lowest BCUT2D eigenvalue weighted by molar-refractivity contribution is -0.126. The molecule has 94 valence electrons. The summed E-state index contributed by atoms with van der Waals surface area (Å²) in [4.78, 5) is 16.2. The number of hydrogen-bond donors (Lipinski definition) is 1. The zero-order chi connectivity index (χ0) is 12.5. The van der Waals surface area contributed by atoms with Gasteiger partial charge in [0.25, 0.3) is 5.89 Å². The maximum atomic E-state index is 12.0. The van der Waals surface area contributed by atoms with Crippen LogP contribution < -0.4 is 5.32 Å². The molecule has 1 fully saturated rings. The molecule has 2 rings (SSSR count). The highest BCUT2D eigenvalue weighted by molar-refractivity contribution is 5.79. The SMILES string of the molecule is Cc1noc(C(C)(C)NC(=O)C2CCCC2)n1. The molecule has 5 heteroatoms. The van der Waals surface area contributed by atoms with Crippen molar-refractivity contribution < 1.29 is 9.32 Å². The van der Waals surface area contributed by atoms with Crippen molar-refractivity contribution in [3.63, 3.8) is 0 Å². The van der Waals surface area contributed by atoms with E-state index in [1.54, 1.807) is 6.92 Å². The molecule has 0 saturated heterocycles. The van der Waals surface area contributed by atoms with E-state index in [4.69, 9.17) is 4.52 Å². The highest BCUT2D eigenvalue weighted by Crippen LogP contribution is 2.26. The first-order valence-corrected chi connectivity index (χ1v) is 6.12. The van der Waals surface area contributed by atoms with Gasteiger partial charge in [-0.2, -0.15) is 4.98 Å². The summed E-state index contributed by atoms with van der Waals surface area (Å²) in [5.41, 5.74) is -0.596. The van der Waals surface area contributed by atoms with E-state index in [9.17, 15) is 4.79 Å². The molecule has 1 saturated carbocycles. The molecular formula is C12H19N3O2. The van der Waals surface area contributed by atoms with Gasteiger partial charge in [0.15, 0.2) is 5.82 Å². The van der Waals surface area contributed by atoms with Gasteiger partial charge in [-0.1, -0.05) is 18.0 Å². The molecule has 0 spiro atoms. The molecule has 1 N–H and O–H groups in total. The topological polar surface area (TPSA) is 68.0 Å². The van der Waals surface area contributed by atoms with E-state index in [0.717, 1.165) is 25.7 Å². The summed E-state index contributed by atoms with van der Waals surface area (Å²) < 4.78 is 5.12. The largest absolute Gasteiger partial charge is 0.342 e. The van der Waals surface area contributed by atoms with Gasteiger partial charge in [-0.3, -0.25) is 4.79 Å². The van der Waals surface area contributed by atoms with Crippen molar-refractivity contribution in [1.82, 2.24) is 15.5 Å². The van der Waals surface area contributed by atoms with E-state index < -0.39 is 5.54 Å². The summed E-state index contributed by atoms with van der Waals surface area (Å²) in [5.74, 6) is 1.30. The van der Waals surface area contributed by atoms with Gasteiger partial charge in [0, 0.05) is 5.92 Å². The Balaban J connectivity index is 2.03. The Morgan fingerprint density at radius 3 is 2.59 bits per heavy atom. The third-order valence-electron chi connectivity index (χ3n) is 3.22. The van der Waals surface area contributed by atoms with Crippen molar-refractivity contribution in [3.8, 4) is 0 Å². The number of amides is 1. The van der Waals surface area contributed by atoms with Crippen LogP contribution in [0.2, 0.25) is 0 Å². The van der Waals surface area contributed by atoms with Gasteiger partial charge in [-0.05, 0) is 33.6 Å². The zero-order valence-electron chi connectivity index (χ0n) is 10.6. The minimum Gasteiger partial charge on any atom is -0.342 e. The average molecular weight is 237 g/mol. The Bertz CT molecular complexity index is 406. The standard InChI is InChI=1S/C12H19N3O2/c1-8-13-11(17-15-8)12(2,3)14-10(16)9-6-4-5-7-9/h9H,4-7H2,1-3H3,(H,14,16). The minimum absolute atomic E-state index is 0.100. The normalized spacial score (nSPS) is 17.4. The number of hydrogen-bond acceptors (Lipinski definition) is 4. The predicted molar refractivity (Wildman–Crippen MR) is 62.2 cm³/mol. The number of rotatable bonds is 3. The Hall–Kier alpha value is -1.39. The number of carbonyl (C=O) groups excluding carboxylic acids is 1. The van der Waals surface area contributed by atoms with Crippen molar-refractivity contribution in [2.24, 2.45) is 5.92 Å². The highest BCUT2D eigenvalue weighted by Gasteiger charge is 2.32. The van der Waals surface area contributed by atoms with Gasteiger partial charge >= 0.3 is 0 Å². The molecular weight excluding hydrogens is 218 g/mol. The second kappa shape index (κ2) is 4.47. The van der Waals surface area contributed by atoms with Crippen LogP contribution in [0.25, 0.3) is 0 Å². The first-order valence-electron chi connectivity index (χ1n) is 6.12. The summed E-state index contributed by atoms with van der Waals surface area (Å²) >= 11 is 0. The number of aryl methyl sites for hydroxylation is 1. The fourth-order valence-electron chi connectivity index (χ4n) is 2.20. The van der Waals surface area contributed by atoms with E-state index in [1.807, 2.05) is 13.8 Å². The smallest absolute Gasteiger partial charge is 0.251 e. The first-order chi connectivity index (χ1) is 7.99. The van der Waals surface area contributed by atoms with Gasteiger partial charge in [0.1, 0.15) is 5.54 Å². The lowest BCUT2D eigenvalue weighted by Gasteiger charge is -2.23. The molecule has 1 amide bonds. The summed E-state index contributed by atoms with van der Waals surface area (Å²) in [6.07, 6.45) is 4.28. The van der Waals surface area contributed by atoms with E-state index in [1.165, 1.54) is 0 Å². The Morgan fingerprint density at radius 1 is 1.41 bits per heavy atom. The van der Waals surface area contributed by atoms with Crippen molar-refractivity contribution in [1.29, 1.82) is 0 Å². The molecule has 1 aromatic rings. The van der Waals surface area contributed by atoms with Gasteiger partial charge < -0.3 is 9.84 Å². The third kappa shape index (κ3) is 2.65. The van der Waals surface area contributed by atoms with E-state index in [0.29, 0.717) is 11.7 Å². The highest BCUT2D eigenvalue weighted by atomic mass is 16.5. The monoisotopic (exact) mass is 237 g/mol. The fourth-order valence-corrected chi connectivity index (χ4v) is 2.20. The van der Waals surface area contributed by atoms with Crippen LogP contribution in [-0.4, -0.2) is 16.0 Å². The molecule has 1 heterocycles. The van der Waals surface area contributed by atoms with Crippen molar-refractivity contribution in [2.75, 3.05) is 0 Å². The molecule has 5 nitrogen and oxygen atoms in total. The zero-order valence-corrected chi connectivity index (χ0v) is 10.6. The van der Waals surface area contributed by atoms with Crippen LogP contribution in [0.3, 0.4) is 0 Å². The molecule has 1 aliphatic carbocycles. The Morgan fingerprint density at radius 2 is 2.06 bits per heavy atom. The lowest BCUT2D eigenvalue weighted by Crippen LogP contribution is -2.43. The van der Waals surface area contributed by atoms with Crippen molar-refractivity contribution >= 4 is 5.91 Å². The number of nitrogens with zero attached hydrogens (tertiary/aromatic N) is 2. The van der Waals surface area contributed by atoms with Crippen LogP contribution in [0.1, 0.15) is 51.2 Å². The summed E-state index contributed by atoms with van der Waals surface area (Å²) in [5, 5.41) is 6.74. The molecule has 1 aliphatic rings. The van der Waals surface area contributed by atoms with Crippen molar-refractivity contribution in [3.05, 3.63) is 11.7 Å². The summed E-state index contributed by atoms with van der Waals surface area (Å²) in [7, 11) is 0. The molecule has 0 radical (unpaired) electrons. The van der Waals surface area contributed by atoms with Crippen LogP contribution in [0.15, 0.2) is 4.52 Å². The van der Waals surface area contributed by atoms with Crippen molar-refractivity contribution in [2.45, 2.75) is 52.0 Å². The predicted octanol–water partition coefficient (Wildman–Crippen LogP) is 1.92. The molecule has 0 aromatic carbocycles. The van der Waals surface area contributed by atoms with E-state index >= 15 is 0 Å². The molecule has 1 aromatic heterocycles.